The molecule has 2 rings (SSSR count). The number of unbranched alkanes of at least 4 members (excludes halogenated alkanes) is 3. The van der Waals surface area contributed by atoms with E-state index >= 15 is 0 Å². The van der Waals surface area contributed by atoms with Crippen molar-refractivity contribution >= 4 is 6.03 Å². The Kier molecular flexibility index (Phi) is 10.0. The van der Waals surface area contributed by atoms with Gasteiger partial charge in [0, 0.05) is 12.5 Å². The predicted molar refractivity (Wildman–Crippen MR) is 102 cm³/mol. The van der Waals surface area contributed by atoms with Crippen LogP contribution in [0.4, 0.5) is 4.79 Å². The summed E-state index contributed by atoms with van der Waals surface area (Å²) in [6, 6.07) is 19.7. The quantitative estimate of drug-likeness (QED) is 0.685. The second-order valence-electron chi connectivity index (χ2n) is 5.83. The number of amides is 2. The summed E-state index contributed by atoms with van der Waals surface area (Å²) in [6.07, 6.45) is 5.54. The number of hydrogen-bond donors (Lipinski definition) is 2. The molecule has 0 fully saturated rings. The number of nitrogens with one attached hydrogen (secondary N) is 1. The van der Waals surface area contributed by atoms with Crippen molar-refractivity contribution in [2.24, 2.45) is 5.73 Å². The maximum absolute atomic E-state index is 10.9. The molecule has 0 aliphatic heterocycles. The first-order chi connectivity index (χ1) is 11.7. The van der Waals surface area contributed by atoms with E-state index in [0.29, 0.717) is 6.54 Å². The highest BCUT2D eigenvalue weighted by molar-refractivity contribution is 5.71. The van der Waals surface area contributed by atoms with E-state index in [0.717, 1.165) is 11.1 Å². The molecule has 0 bridgehead atoms. The van der Waals surface area contributed by atoms with Crippen LogP contribution in [0.1, 0.15) is 56.6 Å². The molecule has 130 valence electrons. The van der Waals surface area contributed by atoms with Crippen molar-refractivity contribution in [3.63, 3.8) is 0 Å². The molecule has 2 aromatic carbocycles. The summed E-state index contributed by atoms with van der Waals surface area (Å²) < 4.78 is 0. The van der Waals surface area contributed by atoms with Crippen LogP contribution in [0.5, 0.6) is 0 Å². The van der Waals surface area contributed by atoms with E-state index in [4.69, 9.17) is 5.73 Å². The fourth-order valence-corrected chi connectivity index (χ4v) is 2.50. The monoisotopic (exact) mass is 326 g/mol. The number of hydrogen-bond acceptors (Lipinski definition) is 1. The normalized spacial score (nSPS) is 9.96. The zero-order valence-electron chi connectivity index (χ0n) is 14.9. The predicted octanol–water partition coefficient (Wildman–Crippen LogP) is 5.07. The van der Waals surface area contributed by atoms with Gasteiger partial charge in [-0.25, -0.2) is 4.79 Å². The van der Waals surface area contributed by atoms with E-state index in [2.05, 4.69) is 43.4 Å². The lowest BCUT2D eigenvalue weighted by Gasteiger charge is -2.18. The molecule has 3 heteroatoms. The van der Waals surface area contributed by atoms with E-state index < -0.39 is 6.03 Å². The third-order valence-corrected chi connectivity index (χ3v) is 3.84. The van der Waals surface area contributed by atoms with E-state index in [1.54, 1.807) is 0 Å². The van der Waals surface area contributed by atoms with Gasteiger partial charge in [-0.05, 0) is 11.1 Å². The van der Waals surface area contributed by atoms with Crippen LogP contribution in [0.15, 0.2) is 60.7 Å². The Morgan fingerprint density at radius 1 is 0.875 bits per heavy atom. The maximum Gasteiger partial charge on any atom is 0.312 e. The van der Waals surface area contributed by atoms with Crippen molar-refractivity contribution in [3.05, 3.63) is 71.8 Å². The highest BCUT2D eigenvalue weighted by Gasteiger charge is 2.13. The molecule has 0 spiro atoms. The van der Waals surface area contributed by atoms with Gasteiger partial charge in [0.15, 0.2) is 0 Å². The molecule has 0 unspecified atom stereocenters. The molecule has 0 aliphatic rings. The fourth-order valence-electron chi connectivity index (χ4n) is 2.50. The van der Waals surface area contributed by atoms with Crippen molar-refractivity contribution in [3.8, 4) is 0 Å². The number of carbonyl (C=O) groups excluding carboxylic acids is 1. The fraction of sp³-hybridized carbons (Fsp3) is 0.381. The summed E-state index contributed by atoms with van der Waals surface area (Å²) in [7, 11) is 0. The van der Waals surface area contributed by atoms with Gasteiger partial charge in [-0.15, -0.1) is 0 Å². The van der Waals surface area contributed by atoms with Crippen molar-refractivity contribution in [1.29, 1.82) is 0 Å². The van der Waals surface area contributed by atoms with Crippen LogP contribution in [0.25, 0.3) is 0 Å². The van der Waals surface area contributed by atoms with Crippen LogP contribution in [0.2, 0.25) is 0 Å². The van der Waals surface area contributed by atoms with Crippen LogP contribution in [0.3, 0.4) is 0 Å². The third kappa shape index (κ3) is 7.82. The second kappa shape index (κ2) is 12.2. The van der Waals surface area contributed by atoms with Crippen LogP contribution in [-0.2, 0) is 0 Å². The summed E-state index contributed by atoms with van der Waals surface area (Å²) in [5, 5.41) is 2.68. The minimum Gasteiger partial charge on any atom is -0.352 e. The lowest BCUT2D eigenvalue weighted by Crippen LogP contribution is -2.33. The smallest absolute Gasteiger partial charge is 0.312 e. The molecule has 0 radical (unpaired) electrons. The number of primary amides is 1. The number of carbonyl (C=O) groups is 1. The Morgan fingerprint density at radius 2 is 1.29 bits per heavy atom. The summed E-state index contributed by atoms with van der Waals surface area (Å²) in [4.78, 5) is 10.9. The average Bonchev–Trinajstić information content (AvgIpc) is 2.62. The molecule has 2 aromatic rings. The minimum atomic E-state index is -0.494. The van der Waals surface area contributed by atoms with Crippen LogP contribution in [-0.4, -0.2) is 12.6 Å². The topological polar surface area (TPSA) is 55.1 Å². The molecule has 3 nitrogen and oxygen atoms in total. The Hall–Kier alpha value is -2.29. The third-order valence-electron chi connectivity index (χ3n) is 3.84. The van der Waals surface area contributed by atoms with Crippen LogP contribution >= 0.6 is 0 Å². The maximum atomic E-state index is 10.9. The van der Waals surface area contributed by atoms with E-state index in [1.165, 1.54) is 25.7 Å². The number of benzene rings is 2. The summed E-state index contributed by atoms with van der Waals surface area (Å²) >= 11 is 0. The molecule has 0 heterocycles. The highest BCUT2D eigenvalue weighted by Crippen LogP contribution is 2.23. The molecular weight excluding hydrogens is 296 g/mol. The standard InChI is InChI=1S/C15H16N2O.C6H14/c16-15(18)17-11-14(12-7-3-1-4-8-12)13-9-5-2-6-10-13;1-3-5-6-4-2/h1-10,14H,11H2,(H3,16,17,18);3-6H2,1-2H3. The Labute approximate surface area is 146 Å². The van der Waals surface area contributed by atoms with Gasteiger partial charge >= 0.3 is 6.03 Å². The zero-order valence-corrected chi connectivity index (χ0v) is 14.9. The minimum absolute atomic E-state index is 0.125. The first-order valence-corrected chi connectivity index (χ1v) is 8.82. The van der Waals surface area contributed by atoms with Crippen molar-refractivity contribution in [2.75, 3.05) is 6.54 Å². The molecule has 0 saturated carbocycles. The van der Waals surface area contributed by atoms with Gasteiger partial charge in [0.25, 0.3) is 0 Å². The average molecular weight is 326 g/mol. The van der Waals surface area contributed by atoms with Gasteiger partial charge in [0.05, 0.1) is 0 Å². The highest BCUT2D eigenvalue weighted by atomic mass is 16.2. The van der Waals surface area contributed by atoms with Gasteiger partial charge in [-0.1, -0.05) is 100 Å². The summed E-state index contributed by atoms with van der Waals surface area (Å²) in [5.41, 5.74) is 7.48. The first kappa shape index (κ1) is 19.8. The molecule has 0 aliphatic carbocycles. The zero-order chi connectivity index (χ0) is 17.6. The summed E-state index contributed by atoms with van der Waals surface area (Å²) in [6.45, 7) is 4.97. The Bertz CT molecular complexity index is 511. The molecule has 0 atom stereocenters. The van der Waals surface area contributed by atoms with E-state index in [9.17, 15) is 4.79 Å². The number of nitrogens with two attached hydrogens (primary N) is 1. The van der Waals surface area contributed by atoms with Crippen molar-refractivity contribution in [1.82, 2.24) is 5.32 Å². The van der Waals surface area contributed by atoms with Gasteiger partial charge in [-0.3, -0.25) is 0 Å². The molecule has 2 amide bonds. The molecule has 0 aromatic heterocycles. The molecule has 24 heavy (non-hydrogen) atoms. The van der Waals surface area contributed by atoms with Crippen LogP contribution < -0.4 is 11.1 Å². The number of urea groups is 1. The lowest BCUT2D eigenvalue weighted by atomic mass is 9.91. The van der Waals surface area contributed by atoms with Gasteiger partial charge < -0.3 is 11.1 Å². The Morgan fingerprint density at radius 3 is 1.62 bits per heavy atom. The lowest BCUT2D eigenvalue weighted by molar-refractivity contribution is 0.248. The van der Waals surface area contributed by atoms with E-state index in [1.807, 2.05) is 36.4 Å². The first-order valence-electron chi connectivity index (χ1n) is 8.82. The largest absolute Gasteiger partial charge is 0.352 e. The van der Waals surface area contributed by atoms with Gasteiger partial charge in [0.1, 0.15) is 0 Å². The van der Waals surface area contributed by atoms with Crippen molar-refractivity contribution in [2.45, 2.75) is 45.4 Å². The van der Waals surface area contributed by atoms with Crippen LogP contribution in [0, 0.1) is 0 Å². The molecule has 0 saturated heterocycles. The van der Waals surface area contributed by atoms with Crippen molar-refractivity contribution < 1.29 is 4.79 Å². The summed E-state index contributed by atoms with van der Waals surface area (Å²) in [5.74, 6) is 0.125. The van der Waals surface area contributed by atoms with Gasteiger partial charge in [-0.2, -0.15) is 0 Å². The second-order valence-corrected chi connectivity index (χ2v) is 5.83. The van der Waals surface area contributed by atoms with E-state index in [-0.39, 0.29) is 5.92 Å². The van der Waals surface area contributed by atoms with Gasteiger partial charge in [0.2, 0.25) is 0 Å². The molecular formula is C21H30N2O. The molecule has 3 N–H and O–H groups in total. The number of rotatable bonds is 7. The Balaban J connectivity index is 0.000000413. The SMILES string of the molecule is CCCCCC.NC(=O)NCC(c1ccccc1)c1ccccc1.